The molecule has 0 spiro atoms. The number of fused-ring (bicyclic) bond motifs is 1. The summed E-state index contributed by atoms with van der Waals surface area (Å²) in [5.74, 6) is 3.38. The number of rotatable bonds is 4. The van der Waals surface area contributed by atoms with Crippen LogP contribution >= 0.6 is 15.9 Å². The van der Waals surface area contributed by atoms with Crippen molar-refractivity contribution in [2.45, 2.75) is 32.2 Å². The topological polar surface area (TPSA) is 43.8 Å². The van der Waals surface area contributed by atoms with Gasteiger partial charge in [-0.2, -0.15) is 0 Å². The molecular weight excluding hydrogens is 302 g/mol. The first-order valence-corrected chi connectivity index (χ1v) is 7.93. The van der Waals surface area contributed by atoms with Crippen LogP contribution in [0.2, 0.25) is 0 Å². The number of aromatic nitrogens is 2. The lowest BCUT2D eigenvalue weighted by Gasteiger charge is -2.17. The second-order valence-corrected chi connectivity index (χ2v) is 6.97. The monoisotopic (exact) mass is 319 g/mol. The lowest BCUT2D eigenvalue weighted by atomic mass is 9.98. The van der Waals surface area contributed by atoms with E-state index in [0.717, 1.165) is 34.3 Å². The van der Waals surface area contributed by atoms with Gasteiger partial charge in [-0.3, -0.25) is 0 Å². The normalized spacial score (nSPS) is 19.5. The van der Waals surface area contributed by atoms with Crippen LogP contribution in [-0.2, 0) is 6.54 Å². The first-order valence-electron chi connectivity index (χ1n) is 7.13. The van der Waals surface area contributed by atoms with Crippen molar-refractivity contribution < 1.29 is 0 Å². The minimum atomic E-state index is 0.666. The second-order valence-electron chi connectivity index (χ2n) is 6.05. The second kappa shape index (κ2) is 4.23. The maximum absolute atomic E-state index is 6.13. The molecule has 1 aromatic heterocycles. The summed E-state index contributed by atoms with van der Waals surface area (Å²) in [5, 5.41) is 0. The summed E-state index contributed by atoms with van der Waals surface area (Å²) in [7, 11) is 0. The summed E-state index contributed by atoms with van der Waals surface area (Å²) in [6.07, 6.45) is 5.66. The van der Waals surface area contributed by atoms with Crippen molar-refractivity contribution in [3.05, 3.63) is 22.7 Å². The standard InChI is InChI=1S/C15H18BrN3/c16-11-5-6-14-13(7-11)18-15(17)19(14)8-12(9-1-2-9)10-3-4-10/h5-7,9-10,12H,1-4,8H2,(H2,17,18). The van der Waals surface area contributed by atoms with Crippen molar-refractivity contribution >= 4 is 32.9 Å². The third-order valence-corrected chi connectivity index (χ3v) is 5.08. The van der Waals surface area contributed by atoms with Gasteiger partial charge < -0.3 is 10.3 Å². The van der Waals surface area contributed by atoms with Crippen molar-refractivity contribution in [3.8, 4) is 0 Å². The molecule has 0 radical (unpaired) electrons. The minimum Gasteiger partial charge on any atom is -0.369 e. The van der Waals surface area contributed by atoms with Gasteiger partial charge in [0.2, 0.25) is 5.95 Å². The largest absolute Gasteiger partial charge is 0.369 e. The number of nitrogens with two attached hydrogens (primary N) is 1. The predicted octanol–water partition coefficient (Wildman–Crippen LogP) is 3.82. The zero-order valence-electron chi connectivity index (χ0n) is 10.8. The number of halogens is 1. The van der Waals surface area contributed by atoms with Crippen molar-refractivity contribution in [1.29, 1.82) is 0 Å². The van der Waals surface area contributed by atoms with Crippen molar-refractivity contribution in [1.82, 2.24) is 9.55 Å². The molecule has 2 aliphatic carbocycles. The van der Waals surface area contributed by atoms with Crippen LogP contribution in [0.4, 0.5) is 5.95 Å². The third kappa shape index (κ3) is 2.16. The van der Waals surface area contributed by atoms with E-state index in [0.29, 0.717) is 5.95 Å². The summed E-state index contributed by atoms with van der Waals surface area (Å²) in [6.45, 7) is 1.05. The smallest absolute Gasteiger partial charge is 0.201 e. The molecule has 3 nitrogen and oxygen atoms in total. The molecule has 2 N–H and O–H groups in total. The Balaban J connectivity index is 1.71. The van der Waals surface area contributed by atoms with Crippen LogP contribution in [0.5, 0.6) is 0 Å². The molecule has 1 aromatic carbocycles. The van der Waals surface area contributed by atoms with Crippen molar-refractivity contribution in [3.63, 3.8) is 0 Å². The summed E-state index contributed by atoms with van der Waals surface area (Å²) in [6, 6.07) is 6.24. The molecule has 100 valence electrons. The third-order valence-electron chi connectivity index (χ3n) is 4.59. The Kier molecular flexibility index (Phi) is 2.62. The molecule has 2 aromatic rings. The average Bonchev–Trinajstić information content (AvgIpc) is 3.24. The summed E-state index contributed by atoms with van der Waals surface area (Å²) < 4.78 is 3.29. The Bertz CT molecular complexity index is 614. The fraction of sp³-hybridized carbons (Fsp3) is 0.533. The summed E-state index contributed by atoms with van der Waals surface area (Å²) in [4.78, 5) is 4.50. The van der Waals surface area contributed by atoms with E-state index in [1.165, 1.54) is 31.2 Å². The van der Waals surface area contributed by atoms with Crippen LogP contribution in [0.15, 0.2) is 22.7 Å². The minimum absolute atomic E-state index is 0.666. The molecule has 2 aliphatic rings. The highest BCUT2D eigenvalue weighted by Gasteiger charge is 2.41. The number of nitrogens with zero attached hydrogens (tertiary/aromatic N) is 2. The maximum Gasteiger partial charge on any atom is 0.201 e. The van der Waals surface area contributed by atoms with Crippen LogP contribution in [0.3, 0.4) is 0 Å². The highest BCUT2D eigenvalue weighted by atomic mass is 79.9. The first-order chi connectivity index (χ1) is 9.22. The number of hydrogen-bond acceptors (Lipinski definition) is 2. The molecule has 0 atom stereocenters. The van der Waals surface area contributed by atoms with Gasteiger partial charge in [0.15, 0.2) is 0 Å². The number of benzene rings is 1. The Hall–Kier alpha value is -1.03. The molecule has 0 amide bonds. The van der Waals surface area contributed by atoms with E-state index < -0.39 is 0 Å². The van der Waals surface area contributed by atoms with E-state index in [9.17, 15) is 0 Å². The Labute approximate surface area is 121 Å². The van der Waals surface area contributed by atoms with E-state index in [2.05, 4.69) is 37.6 Å². The van der Waals surface area contributed by atoms with Crippen LogP contribution < -0.4 is 5.73 Å². The molecule has 19 heavy (non-hydrogen) atoms. The van der Waals surface area contributed by atoms with Crippen LogP contribution in [0, 0.1) is 17.8 Å². The van der Waals surface area contributed by atoms with E-state index in [4.69, 9.17) is 5.73 Å². The molecule has 0 saturated heterocycles. The Morgan fingerprint density at radius 1 is 1.26 bits per heavy atom. The van der Waals surface area contributed by atoms with Crippen LogP contribution in [0.1, 0.15) is 25.7 Å². The molecule has 4 heteroatoms. The fourth-order valence-electron chi connectivity index (χ4n) is 3.26. The van der Waals surface area contributed by atoms with E-state index in [1.807, 2.05) is 6.07 Å². The highest BCUT2D eigenvalue weighted by molar-refractivity contribution is 9.10. The van der Waals surface area contributed by atoms with Gasteiger partial charge in [-0.15, -0.1) is 0 Å². The number of hydrogen-bond donors (Lipinski definition) is 1. The summed E-state index contributed by atoms with van der Waals surface area (Å²) >= 11 is 3.49. The molecule has 0 bridgehead atoms. The van der Waals surface area contributed by atoms with Crippen molar-refractivity contribution in [2.75, 3.05) is 5.73 Å². The number of imidazole rings is 1. The Morgan fingerprint density at radius 3 is 2.58 bits per heavy atom. The van der Waals surface area contributed by atoms with Crippen molar-refractivity contribution in [2.24, 2.45) is 17.8 Å². The molecule has 0 aliphatic heterocycles. The van der Waals surface area contributed by atoms with Gasteiger partial charge in [0.1, 0.15) is 0 Å². The van der Waals surface area contributed by atoms with Gasteiger partial charge in [0, 0.05) is 11.0 Å². The number of anilines is 1. The Morgan fingerprint density at radius 2 is 1.95 bits per heavy atom. The number of nitrogen functional groups attached to an aromatic ring is 1. The lowest BCUT2D eigenvalue weighted by Crippen LogP contribution is -2.16. The molecular formula is C15H18BrN3. The predicted molar refractivity (Wildman–Crippen MR) is 80.8 cm³/mol. The van der Waals surface area contributed by atoms with Gasteiger partial charge >= 0.3 is 0 Å². The molecule has 2 fully saturated rings. The molecule has 2 saturated carbocycles. The molecule has 0 unspecified atom stereocenters. The van der Waals surface area contributed by atoms with Crippen LogP contribution in [-0.4, -0.2) is 9.55 Å². The zero-order valence-corrected chi connectivity index (χ0v) is 12.4. The van der Waals surface area contributed by atoms with Gasteiger partial charge in [0.05, 0.1) is 11.0 Å². The van der Waals surface area contributed by atoms with E-state index in [-0.39, 0.29) is 0 Å². The van der Waals surface area contributed by atoms with Gasteiger partial charge in [-0.1, -0.05) is 15.9 Å². The fourth-order valence-corrected chi connectivity index (χ4v) is 3.61. The maximum atomic E-state index is 6.13. The van der Waals surface area contributed by atoms with Gasteiger partial charge in [0.25, 0.3) is 0 Å². The van der Waals surface area contributed by atoms with E-state index in [1.54, 1.807) is 0 Å². The zero-order chi connectivity index (χ0) is 13.0. The summed E-state index contributed by atoms with van der Waals surface area (Å²) in [5.41, 5.74) is 8.30. The molecule has 4 rings (SSSR count). The van der Waals surface area contributed by atoms with Gasteiger partial charge in [-0.25, -0.2) is 4.98 Å². The van der Waals surface area contributed by atoms with Crippen LogP contribution in [0.25, 0.3) is 11.0 Å². The van der Waals surface area contributed by atoms with E-state index >= 15 is 0 Å². The first kappa shape index (κ1) is 11.8. The molecule has 1 heterocycles. The lowest BCUT2D eigenvalue weighted by molar-refractivity contribution is 0.355. The quantitative estimate of drug-likeness (QED) is 0.931. The average molecular weight is 320 g/mol. The van der Waals surface area contributed by atoms with Gasteiger partial charge in [-0.05, 0) is 61.6 Å². The highest BCUT2D eigenvalue weighted by Crippen LogP contribution is 2.50. The SMILES string of the molecule is Nc1nc2cc(Br)ccc2n1CC(C1CC1)C1CC1.